The SMILES string of the molecule is CC/C=C\C/C=C\C/C=C\C/C=C\CCCCC(=O)OC(COCCCCCCCCCCCCCCCCCCCCCCCCCCC)COP(=O)(O)OCCN. The van der Waals surface area contributed by atoms with Crippen LogP contribution in [-0.2, 0) is 27.9 Å². The Kier molecular flexibility index (Phi) is 46.3. The van der Waals surface area contributed by atoms with Crippen LogP contribution >= 0.6 is 7.82 Å². The average Bonchev–Trinajstić information content (AvgIpc) is 3.23. The Morgan fingerprint density at radius 1 is 0.525 bits per heavy atom. The van der Waals surface area contributed by atoms with E-state index in [4.69, 9.17) is 24.3 Å². The number of hydrogen-bond acceptors (Lipinski definition) is 7. The van der Waals surface area contributed by atoms with Crippen LogP contribution in [0.25, 0.3) is 0 Å². The quantitative estimate of drug-likeness (QED) is 0.0269. The van der Waals surface area contributed by atoms with Crippen molar-refractivity contribution in [2.45, 2.75) is 232 Å². The van der Waals surface area contributed by atoms with E-state index in [0.717, 1.165) is 51.4 Å². The number of phosphoric acid groups is 1. The minimum Gasteiger partial charge on any atom is -0.457 e. The Morgan fingerprint density at radius 3 is 1.39 bits per heavy atom. The molecule has 0 rings (SSSR count). The minimum absolute atomic E-state index is 0.0932. The van der Waals surface area contributed by atoms with Gasteiger partial charge in [-0.05, 0) is 51.4 Å². The maximum absolute atomic E-state index is 12.6. The van der Waals surface area contributed by atoms with Crippen LogP contribution in [0.15, 0.2) is 48.6 Å². The third-order valence-corrected chi connectivity index (χ3v) is 11.5. The predicted molar refractivity (Wildman–Crippen MR) is 252 cm³/mol. The molecule has 2 atom stereocenters. The van der Waals surface area contributed by atoms with E-state index in [9.17, 15) is 14.3 Å². The molecule has 3 N–H and O–H groups in total. The Hall–Kier alpha value is -1.54. The molecule has 0 heterocycles. The molecular formula is C50H94NO7P. The van der Waals surface area contributed by atoms with Crippen molar-refractivity contribution in [3.05, 3.63) is 48.6 Å². The Labute approximate surface area is 364 Å². The van der Waals surface area contributed by atoms with Crippen LogP contribution in [-0.4, -0.2) is 49.9 Å². The number of nitrogens with two attached hydrogens (primary N) is 1. The molecule has 0 spiro atoms. The van der Waals surface area contributed by atoms with Crippen LogP contribution in [0, 0.1) is 0 Å². The lowest BCUT2D eigenvalue weighted by molar-refractivity contribution is -0.154. The van der Waals surface area contributed by atoms with E-state index in [-0.39, 0.29) is 38.8 Å². The molecule has 59 heavy (non-hydrogen) atoms. The van der Waals surface area contributed by atoms with Crippen LogP contribution < -0.4 is 5.73 Å². The maximum atomic E-state index is 12.6. The van der Waals surface area contributed by atoms with Gasteiger partial charge in [0.1, 0.15) is 6.10 Å². The van der Waals surface area contributed by atoms with Crippen molar-refractivity contribution in [2.24, 2.45) is 5.73 Å². The van der Waals surface area contributed by atoms with E-state index in [1.165, 1.54) is 148 Å². The summed E-state index contributed by atoms with van der Waals surface area (Å²) in [6.45, 7) is 4.78. The van der Waals surface area contributed by atoms with Gasteiger partial charge in [0.25, 0.3) is 0 Å². The molecule has 8 nitrogen and oxygen atoms in total. The maximum Gasteiger partial charge on any atom is 0.472 e. The van der Waals surface area contributed by atoms with Crippen molar-refractivity contribution in [3.63, 3.8) is 0 Å². The molecule has 0 radical (unpaired) electrons. The smallest absolute Gasteiger partial charge is 0.457 e. The standard InChI is InChI=1S/C50H94NO7P/c1-3-5-7-9-11-13-15-17-19-20-21-22-23-24-25-26-27-28-30-32-34-36-38-40-42-45-55-47-49(48-57-59(53,54)56-46-44-51)58-50(52)43-41-39-37-35-33-31-29-18-16-14-12-10-8-6-4-2/h6,8,12,14,18,29,33,35,49H,3-5,7,9-11,13,15-17,19-28,30-32,34,36-48,51H2,1-2H3,(H,53,54)/b8-6-,14-12-,29-18-,35-33-. The summed E-state index contributed by atoms with van der Waals surface area (Å²) in [6, 6.07) is 0. The molecule has 2 unspecified atom stereocenters. The van der Waals surface area contributed by atoms with Crippen LogP contribution in [0.4, 0.5) is 0 Å². The number of unbranched alkanes of at least 4 members (excludes halogenated alkanes) is 26. The summed E-state index contributed by atoms with van der Waals surface area (Å²) in [7, 11) is -4.29. The summed E-state index contributed by atoms with van der Waals surface area (Å²) in [5.41, 5.74) is 5.38. The first-order valence-electron chi connectivity index (χ1n) is 24.6. The Morgan fingerprint density at radius 2 is 0.949 bits per heavy atom. The predicted octanol–water partition coefficient (Wildman–Crippen LogP) is 15.1. The fourth-order valence-electron chi connectivity index (χ4n) is 6.93. The van der Waals surface area contributed by atoms with Crippen molar-refractivity contribution < 1.29 is 32.8 Å². The highest BCUT2D eigenvalue weighted by Gasteiger charge is 2.25. The summed E-state index contributed by atoms with van der Waals surface area (Å²) in [6.07, 6.45) is 57.3. The Bertz CT molecular complexity index is 1050. The van der Waals surface area contributed by atoms with Gasteiger partial charge in [-0.15, -0.1) is 0 Å². The zero-order chi connectivity index (χ0) is 43.0. The molecule has 9 heteroatoms. The summed E-state index contributed by atoms with van der Waals surface area (Å²) >= 11 is 0. The van der Waals surface area contributed by atoms with Crippen molar-refractivity contribution in [1.82, 2.24) is 0 Å². The van der Waals surface area contributed by atoms with Gasteiger partial charge in [-0.2, -0.15) is 0 Å². The van der Waals surface area contributed by atoms with E-state index in [0.29, 0.717) is 13.0 Å². The normalized spacial score (nSPS) is 13.8. The number of rotatable bonds is 47. The van der Waals surface area contributed by atoms with Gasteiger partial charge in [-0.1, -0.05) is 217 Å². The molecule has 0 aliphatic carbocycles. The lowest BCUT2D eigenvalue weighted by Crippen LogP contribution is -2.28. The van der Waals surface area contributed by atoms with Crippen LogP contribution in [0.5, 0.6) is 0 Å². The van der Waals surface area contributed by atoms with Gasteiger partial charge in [0.15, 0.2) is 0 Å². The molecule has 0 bridgehead atoms. The zero-order valence-corrected chi connectivity index (χ0v) is 39.4. The number of carbonyl (C=O) groups is 1. The van der Waals surface area contributed by atoms with E-state index in [1.54, 1.807) is 0 Å². The average molecular weight is 852 g/mol. The van der Waals surface area contributed by atoms with Gasteiger partial charge in [0.2, 0.25) is 0 Å². The van der Waals surface area contributed by atoms with Gasteiger partial charge >= 0.3 is 13.8 Å². The fourth-order valence-corrected chi connectivity index (χ4v) is 7.70. The van der Waals surface area contributed by atoms with Gasteiger partial charge < -0.3 is 20.1 Å². The lowest BCUT2D eigenvalue weighted by Gasteiger charge is -2.20. The van der Waals surface area contributed by atoms with Crippen LogP contribution in [0.2, 0.25) is 0 Å². The van der Waals surface area contributed by atoms with E-state index < -0.39 is 13.9 Å². The van der Waals surface area contributed by atoms with E-state index in [1.807, 2.05) is 0 Å². The monoisotopic (exact) mass is 852 g/mol. The zero-order valence-electron chi connectivity index (χ0n) is 38.5. The van der Waals surface area contributed by atoms with Crippen molar-refractivity contribution in [2.75, 3.05) is 33.0 Å². The Balaban J connectivity index is 3.92. The molecule has 346 valence electrons. The number of allylic oxidation sites excluding steroid dienone is 8. The fraction of sp³-hybridized carbons (Fsp3) is 0.820. The summed E-state index contributed by atoms with van der Waals surface area (Å²) in [5, 5.41) is 0. The van der Waals surface area contributed by atoms with Gasteiger partial charge in [-0.3, -0.25) is 13.8 Å². The van der Waals surface area contributed by atoms with Crippen molar-refractivity contribution in [1.29, 1.82) is 0 Å². The minimum atomic E-state index is -4.29. The van der Waals surface area contributed by atoms with Crippen LogP contribution in [0.3, 0.4) is 0 Å². The number of hydrogen-bond donors (Lipinski definition) is 2. The van der Waals surface area contributed by atoms with Gasteiger partial charge in [0.05, 0.1) is 19.8 Å². The third-order valence-electron chi connectivity index (χ3n) is 10.5. The second-order valence-corrected chi connectivity index (χ2v) is 17.8. The first kappa shape index (κ1) is 57.5. The second-order valence-electron chi connectivity index (χ2n) is 16.3. The molecule has 0 aromatic heterocycles. The molecule has 0 aliphatic rings. The highest BCUT2D eigenvalue weighted by molar-refractivity contribution is 7.47. The highest BCUT2D eigenvalue weighted by Crippen LogP contribution is 2.43. The lowest BCUT2D eigenvalue weighted by atomic mass is 10.0. The number of phosphoric ester groups is 1. The number of esters is 1. The molecule has 0 amide bonds. The van der Waals surface area contributed by atoms with Crippen LogP contribution in [0.1, 0.15) is 226 Å². The molecular weight excluding hydrogens is 758 g/mol. The van der Waals surface area contributed by atoms with E-state index in [2.05, 4.69) is 62.5 Å². The first-order valence-corrected chi connectivity index (χ1v) is 26.1. The first-order chi connectivity index (χ1) is 28.9. The largest absolute Gasteiger partial charge is 0.472 e. The number of ether oxygens (including phenoxy) is 2. The molecule has 0 aromatic rings. The highest BCUT2D eigenvalue weighted by atomic mass is 31.2. The van der Waals surface area contributed by atoms with Gasteiger partial charge in [0, 0.05) is 19.6 Å². The summed E-state index contributed by atoms with van der Waals surface area (Å²) < 4.78 is 33.5. The summed E-state index contributed by atoms with van der Waals surface area (Å²) in [4.78, 5) is 22.5. The van der Waals surface area contributed by atoms with E-state index >= 15 is 0 Å². The molecule has 0 saturated heterocycles. The summed E-state index contributed by atoms with van der Waals surface area (Å²) in [5.74, 6) is -0.368. The molecule has 0 aliphatic heterocycles. The topological polar surface area (TPSA) is 117 Å². The van der Waals surface area contributed by atoms with Crippen molar-refractivity contribution in [3.8, 4) is 0 Å². The molecule has 0 fully saturated rings. The second kappa shape index (κ2) is 47.5. The third kappa shape index (κ3) is 47.4. The molecule has 0 aromatic carbocycles. The van der Waals surface area contributed by atoms with Crippen molar-refractivity contribution >= 4 is 13.8 Å². The molecule has 0 saturated carbocycles. The van der Waals surface area contributed by atoms with Gasteiger partial charge in [-0.25, -0.2) is 4.57 Å². The number of carbonyl (C=O) groups excluding carboxylic acids is 1.